The molecule has 0 saturated carbocycles. The number of rotatable bonds is 16. The van der Waals surface area contributed by atoms with Crippen LogP contribution in [0.25, 0.3) is 157 Å². The Morgan fingerprint density at radius 1 is 0.153 bits per heavy atom. The molecule has 0 fully saturated rings. The maximum Gasteiger partial charge on any atom is 0.193 e. The van der Waals surface area contributed by atoms with E-state index in [2.05, 4.69) is 328 Å². The first-order chi connectivity index (χ1) is 54.9. The second kappa shape index (κ2) is 29.2. The maximum absolute atomic E-state index is 15.4. The third-order valence-electron chi connectivity index (χ3n) is 21.2. The van der Waals surface area contributed by atoms with Gasteiger partial charge in [-0.2, -0.15) is 0 Å². The summed E-state index contributed by atoms with van der Waals surface area (Å²) in [6.45, 7) is 0. The lowest BCUT2D eigenvalue weighted by Crippen LogP contribution is -2.38. The van der Waals surface area contributed by atoms with Gasteiger partial charge in [-0.25, -0.2) is 29.9 Å². The van der Waals surface area contributed by atoms with E-state index in [0.29, 0.717) is 46.1 Å². The van der Waals surface area contributed by atoms with Crippen LogP contribution in [0.5, 0.6) is 0 Å². The van der Waals surface area contributed by atoms with E-state index in [4.69, 9.17) is 29.9 Å². The molecule has 2 aromatic heterocycles. The summed E-state index contributed by atoms with van der Waals surface area (Å²) in [6.07, 6.45) is 0. The monoisotopic (exact) mass is 1420 g/mol. The lowest BCUT2D eigenvalue weighted by atomic mass is 9.59. The second-order valence-electron chi connectivity index (χ2n) is 28.1. The number of nitrogens with zero attached hydrogens (tertiary/aromatic N) is 6. The minimum absolute atomic E-state index is 0.0527. The van der Waals surface area contributed by atoms with Crippen molar-refractivity contribution in [3.05, 3.63) is 446 Å². The van der Waals surface area contributed by atoms with Crippen LogP contribution >= 0.6 is 0 Å². The Morgan fingerprint density at radius 3 is 0.559 bits per heavy atom. The lowest BCUT2D eigenvalue weighted by Gasteiger charge is -2.42. The molecule has 0 amide bonds. The normalized spacial score (nSPS) is 12.1. The number of aromatic nitrogens is 6. The maximum atomic E-state index is 15.4. The largest absolute Gasteiger partial charge is 0.289 e. The van der Waals surface area contributed by atoms with Crippen molar-refractivity contribution < 1.29 is 4.79 Å². The van der Waals surface area contributed by atoms with E-state index in [-0.39, 0.29) is 5.78 Å². The molecule has 18 aromatic rings. The fourth-order valence-corrected chi connectivity index (χ4v) is 15.8. The van der Waals surface area contributed by atoms with Gasteiger partial charge in [0.05, 0.1) is 5.41 Å². The van der Waals surface area contributed by atoms with E-state index >= 15 is 4.79 Å². The van der Waals surface area contributed by atoms with Crippen LogP contribution in [0, 0.1) is 0 Å². The minimum atomic E-state index is -1.16. The number of carbonyl (C=O) groups excluding carboxylic acids is 1. The average molecular weight is 1420 g/mol. The Bertz CT molecular complexity index is 5580. The molecule has 0 N–H and O–H groups in total. The average Bonchev–Trinajstić information content (AvgIpc) is 0.697. The predicted octanol–water partition coefficient (Wildman–Crippen LogP) is 25.3. The summed E-state index contributed by atoms with van der Waals surface area (Å²) < 4.78 is 0. The molecule has 0 bridgehead atoms. The molecule has 0 spiro atoms. The van der Waals surface area contributed by atoms with Crippen molar-refractivity contribution in [1.82, 2.24) is 29.9 Å². The summed E-state index contributed by atoms with van der Waals surface area (Å²) in [7, 11) is 0. The highest BCUT2D eigenvalue weighted by atomic mass is 16.1. The molecule has 19 rings (SSSR count). The smallest absolute Gasteiger partial charge is 0.193 e. The zero-order valence-electron chi connectivity index (χ0n) is 60.4. The zero-order chi connectivity index (χ0) is 74.0. The SMILES string of the molecule is O=C1c2ccccc2C(c2cccc(-c3nc(-c4cc(-c5ccccc5)cc(-c5ccccc5)c4)nc(-c4cc(-c5ccccc5)cc(-c5ccccc5)c4)n3)c2)(c2cccc(-c3nc(-c4cc(-c5ccccc5)cc(-c5ccccc5)c4)nc(-c4cc(-c5ccccc5)cc(-c5ccccc5)c4)n3)c2)c2ccccc21. The highest BCUT2D eigenvalue weighted by Gasteiger charge is 2.47. The van der Waals surface area contributed by atoms with Crippen LogP contribution in [-0.4, -0.2) is 35.7 Å². The lowest BCUT2D eigenvalue weighted by molar-refractivity contribution is 0.103. The summed E-state index contributed by atoms with van der Waals surface area (Å²) in [5, 5.41) is 0. The van der Waals surface area contributed by atoms with Crippen LogP contribution in [0.3, 0.4) is 0 Å². The summed E-state index contributed by atoms with van der Waals surface area (Å²) in [5.74, 6) is 2.90. The van der Waals surface area contributed by atoms with E-state index in [1.165, 1.54) is 0 Å². The van der Waals surface area contributed by atoms with Gasteiger partial charge >= 0.3 is 0 Å². The standard InChI is InChI=1S/C104H68N6O/c111-97-93-51-25-27-53-95(93)104(96-54-28-26-52-94(96)97,91-49-29-47-77(67-91)98-105-100(87-59-79(69-31-9-1-10-32-69)55-80(60-87)70-33-11-2-12-34-70)109-101(106-98)88-61-81(71-35-13-3-14-36-71)56-82(62-88)72-37-15-4-16-38-72)92-50-30-48-78(68-92)99-107-102(89-63-83(73-39-17-5-18-40-73)57-84(64-89)74-41-19-6-20-42-74)110-103(108-99)90-65-85(75-43-21-7-22-44-75)58-86(66-90)76-45-23-8-24-46-76/h1-68H. The fourth-order valence-electron chi connectivity index (χ4n) is 15.8. The fraction of sp³-hybridized carbons (Fsp3) is 0.00962. The van der Waals surface area contributed by atoms with E-state index in [1.807, 2.05) is 84.9 Å². The third-order valence-corrected chi connectivity index (χ3v) is 21.2. The van der Waals surface area contributed by atoms with Crippen molar-refractivity contribution in [2.45, 2.75) is 5.41 Å². The number of carbonyl (C=O) groups is 1. The number of ketones is 1. The van der Waals surface area contributed by atoms with Crippen LogP contribution in [0.15, 0.2) is 413 Å². The molecular weight excluding hydrogens is 1350 g/mol. The molecule has 0 unspecified atom stereocenters. The molecule has 0 saturated heterocycles. The van der Waals surface area contributed by atoms with Crippen molar-refractivity contribution in [3.63, 3.8) is 0 Å². The van der Waals surface area contributed by atoms with Gasteiger partial charge in [-0.3, -0.25) is 4.79 Å². The first-order valence-corrected chi connectivity index (χ1v) is 37.4. The van der Waals surface area contributed by atoms with Gasteiger partial charge in [0.15, 0.2) is 40.7 Å². The molecule has 0 radical (unpaired) electrons. The van der Waals surface area contributed by atoms with Crippen molar-refractivity contribution in [1.29, 1.82) is 0 Å². The van der Waals surface area contributed by atoms with Gasteiger partial charge in [-0.15, -0.1) is 0 Å². The molecule has 520 valence electrons. The third kappa shape index (κ3) is 13.1. The minimum Gasteiger partial charge on any atom is -0.289 e. The summed E-state index contributed by atoms with van der Waals surface area (Å²) >= 11 is 0. The van der Waals surface area contributed by atoms with Crippen LogP contribution in [-0.2, 0) is 5.41 Å². The molecule has 1 aliphatic carbocycles. The number of hydrogen-bond donors (Lipinski definition) is 0. The molecule has 0 atom stereocenters. The van der Waals surface area contributed by atoms with Gasteiger partial charge < -0.3 is 0 Å². The molecule has 2 heterocycles. The Kier molecular flexibility index (Phi) is 17.6. The van der Waals surface area contributed by atoms with E-state index in [1.54, 1.807) is 0 Å². The summed E-state index contributed by atoms with van der Waals surface area (Å²) in [4.78, 5) is 49.0. The van der Waals surface area contributed by atoms with Gasteiger partial charge in [-0.05, 0) is 196 Å². The van der Waals surface area contributed by atoms with Crippen LogP contribution in [0.1, 0.15) is 38.2 Å². The van der Waals surface area contributed by atoms with Gasteiger partial charge in [0.2, 0.25) is 0 Å². The molecule has 16 aromatic carbocycles. The molecule has 7 heteroatoms. The number of fused-ring (bicyclic) bond motifs is 2. The van der Waals surface area contributed by atoms with Gasteiger partial charge in [-0.1, -0.05) is 328 Å². The number of benzene rings is 16. The quantitative estimate of drug-likeness (QED) is 0.0951. The van der Waals surface area contributed by atoms with Gasteiger partial charge in [0.25, 0.3) is 0 Å². The second-order valence-corrected chi connectivity index (χ2v) is 28.1. The highest BCUT2D eigenvalue weighted by molar-refractivity contribution is 6.14. The van der Waals surface area contributed by atoms with Gasteiger partial charge in [0.1, 0.15) is 0 Å². The number of hydrogen-bond acceptors (Lipinski definition) is 7. The molecule has 7 nitrogen and oxygen atoms in total. The molecule has 0 aliphatic heterocycles. The van der Waals surface area contributed by atoms with Crippen molar-refractivity contribution >= 4 is 5.78 Å². The van der Waals surface area contributed by atoms with Gasteiger partial charge in [0, 0.05) is 44.5 Å². The first-order valence-electron chi connectivity index (χ1n) is 37.4. The molecule has 111 heavy (non-hydrogen) atoms. The summed E-state index contributed by atoms with van der Waals surface area (Å²) in [6, 6.07) is 144. The zero-order valence-corrected chi connectivity index (χ0v) is 60.4. The van der Waals surface area contributed by atoms with E-state index in [9.17, 15) is 0 Å². The Hall–Kier alpha value is -14.8. The predicted molar refractivity (Wildman–Crippen MR) is 451 cm³/mol. The molecule has 1 aliphatic rings. The Morgan fingerprint density at radius 2 is 0.333 bits per heavy atom. The Balaban J connectivity index is 0.841. The van der Waals surface area contributed by atoms with E-state index in [0.717, 1.165) is 145 Å². The van der Waals surface area contributed by atoms with Crippen molar-refractivity contribution in [3.8, 4) is 157 Å². The van der Waals surface area contributed by atoms with Crippen LogP contribution in [0.4, 0.5) is 0 Å². The Labute approximate surface area is 645 Å². The van der Waals surface area contributed by atoms with Crippen molar-refractivity contribution in [2.75, 3.05) is 0 Å². The molecular formula is C104H68N6O. The summed E-state index contributed by atoms with van der Waals surface area (Å²) in [5.41, 5.74) is 25.0. The first kappa shape index (κ1) is 66.9. The van der Waals surface area contributed by atoms with Crippen LogP contribution in [0.2, 0.25) is 0 Å². The van der Waals surface area contributed by atoms with E-state index < -0.39 is 5.41 Å². The van der Waals surface area contributed by atoms with Crippen LogP contribution < -0.4 is 0 Å². The van der Waals surface area contributed by atoms with Crippen molar-refractivity contribution in [2.24, 2.45) is 0 Å². The highest BCUT2D eigenvalue weighted by Crippen LogP contribution is 2.52. The topological polar surface area (TPSA) is 94.4 Å².